The summed E-state index contributed by atoms with van der Waals surface area (Å²) in [7, 11) is 0. The predicted molar refractivity (Wildman–Crippen MR) is 107 cm³/mol. The summed E-state index contributed by atoms with van der Waals surface area (Å²) in [4.78, 5) is 28.6. The van der Waals surface area contributed by atoms with Crippen LogP contribution in [0.15, 0.2) is 39.6 Å². The maximum absolute atomic E-state index is 12.2. The molecule has 0 radical (unpaired) electrons. The van der Waals surface area contributed by atoms with Gasteiger partial charge in [0.2, 0.25) is 0 Å². The standard InChI is InChI=1S/C21H23N5O3/c1-13-7-8-15(11-14(13)2)17-9-10-19(27)26(24-17)12-18-23-21(29-25-18)20(28)22-16-5-3-4-6-16/h7-11,16H,3-6,12H2,1-2H3,(H,22,28). The van der Waals surface area contributed by atoms with Crippen molar-refractivity contribution >= 4 is 5.91 Å². The number of hydrogen-bond donors (Lipinski definition) is 1. The van der Waals surface area contributed by atoms with Crippen molar-refractivity contribution in [2.75, 3.05) is 0 Å². The Morgan fingerprint density at radius 1 is 1.17 bits per heavy atom. The fourth-order valence-electron chi connectivity index (χ4n) is 3.48. The van der Waals surface area contributed by atoms with E-state index >= 15 is 0 Å². The van der Waals surface area contributed by atoms with E-state index in [1.165, 1.54) is 16.3 Å². The van der Waals surface area contributed by atoms with Gasteiger partial charge in [0.15, 0.2) is 5.82 Å². The van der Waals surface area contributed by atoms with Crippen molar-refractivity contribution in [2.45, 2.75) is 52.1 Å². The van der Waals surface area contributed by atoms with Gasteiger partial charge in [0.25, 0.3) is 5.56 Å². The van der Waals surface area contributed by atoms with Crippen molar-refractivity contribution in [2.24, 2.45) is 0 Å². The number of aryl methyl sites for hydroxylation is 2. The lowest BCUT2D eigenvalue weighted by molar-refractivity contribution is 0.0893. The number of nitrogens with zero attached hydrogens (tertiary/aromatic N) is 4. The Morgan fingerprint density at radius 2 is 1.97 bits per heavy atom. The first-order chi connectivity index (χ1) is 14.0. The summed E-state index contributed by atoms with van der Waals surface area (Å²) >= 11 is 0. The van der Waals surface area contributed by atoms with Crippen LogP contribution in [-0.2, 0) is 6.54 Å². The van der Waals surface area contributed by atoms with E-state index in [1.807, 2.05) is 32.0 Å². The fourth-order valence-corrected chi connectivity index (χ4v) is 3.48. The minimum atomic E-state index is -0.375. The molecule has 150 valence electrons. The highest BCUT2D eigenvalue weighted by Crippen LogP contribution is 2.20. The SMILES string of the molecule is Cc1ccc(-c2ccc(=O)n(Cc3noc(C(=O)NC4CCCC4)n3)n2)cc1C. The highest BCUT2D eigenvalue weighted by atomic mass is 16.5. The summed E-state index contributed by atoms with van der Waals surface area (Å²) in [5.41, 5.74) is 3.66. The molecule has 29 heavy (non-hydrogen) atoms. The van der Waals surface area contributed by atoms with Crippen molar-refractivity contribution in [3.05, 3.63) is 63.5 Å². The molecule has 1 amide bonds. The molecule has 0 aliphatic heterocycles. The van der Waals surface area contributed by atoms with Crippen LogP contribution < -0.4 is 10.9 Å². The Labute approximate surface area is 167 Å². The number of nitrogens with one attached hydrogen (secondary N) is 1. The Hall–Kier alpha value is -3.29. The number of aromatic nitrogens is 4. The summed E-state index contributed by atoms with van der Waals surface area (Å²) in [5, 5.41) is 11.2. The van der Waals surface area contributed by atoms with Crippen molar-refractivity contribution in [3.8, 4) is 11.3 Å². The second kappa shape index (κ2) is 7.98. The van der Waals surface area contributed by atoms with Gasteiger partial charge in [0, 0.05) is 17.7 Å². The van der Waals surface area contributed by atoms with Crippen molar-refractivity contribution < 1.29 is 9.32 Å². The molecular weight excluding hydrogens is 370 g/mol. The van der Waals surface area contributed by atoms with Crippen LogP contribution in [0.3, 0.4) is 0 Å². The van der Waals surface area contributed by atoms with Gasteiger partial charge < -0.3 is 9.84 Å². The van der Waals surface area contributed by atoms with Crippen LogP contribution in [0.5, 0.6) is 0 Å². The second-order valence-corrected chi connectivity index (χ2v) is 7.48. The number of carbonyl (C=O) groups is 1. The van der Waals surface area contributed by atoms with E-state index in [9.17, 15) is 9.59 Å². The van der Waals surface area contributed by atoms with E-state index in [-0.39, 0.29) is 35.8 Å². The summed E-state index contributed by atoms with van der Waals surface area (Å²) < 4.78 is 6.35. The molecule has 1 saturated carbocycles. The number of hydrogen-bond acceptors (Lipinski definition) is 6. The first kappa shape index (κ1) is 19.0. The van der Waals surface area contributed by atoms with Gasteiger partial charge in [-0.25, -0.2) is 4.68 Å². The zero-order valence-corrected chi connectivity index (χ0v) is 16.5. The molecule has 0 saturated heterocycles. The third-order valence-corrected chi connectivity index (χ3v) is 5.31. The zero-order chi connectivity index (χ0) is 20.4. The van der Waals surface area contributed by atoms with Crippen LogP contribution in [0.4, 0.5) is 0 Å². The van der Waals surface area contributed by atoms with E-state index < -0.39 is 0 Å². The Morgan fingerprint density at radius 3 is 2.72 bits per heavy atom. The maximum atomic E-state index is 12.2. The molecule has 1 aliphatic carbocycles. The van der Waals surface area contributed by atoms with Gasteiger partial charge in [0.1, 0.15) is 6.54 Å². The summed E-state index contributed by atoms with van der Waals surface area (Å²) in [6.07, 6.45) is 4.17. The third-order valence-electron chi connectivity index (χ3n) is 5.31. The molecule has 0 spiro atoms. The number of benzene rings is 1. The molecule has 0 bridgehead atoms. The highest BCUT2D eigenvalue weighted by Gasteiger charge is 2.22. The molecule has 8 heteroatoms. The van der Waals surface area contributed by atoms with E-state index in [1.54, 1.807) is 6.07 Å². The van der Waals surface area contributed by atoms with Gasteiger partial charge in [0.05, 0.1) is 5.69 Å². The second-order valence-electron chi connectivity index (χ2n) is 7.48. The van der Waals surface area contributed by atoms with Gasteiger partial charge in [-0.2, -0.15) is 10.1 Å². The number of rotatable bonds is 5. The average molecular weight is 393 g/mol. The lowest BCUT2D eigenvalue weighted by Gasteiger charge is -2.08. The molecule has 1 aliphatic rings. The Bertz CT molecular complexity index is 1100. The van der Waals surface area contributed by atoms with Gasteiger partial charge in [-0.3, -0.25) is 9.59 Å². The molecule has 1 fully saturated rings. The fraction of sp³-hybridized carbons (Fsp3) is 0.381. The van der Waals surface area contributed by atoms with Crippen LogP contribution >= 0.6 is 0 Å². The topological polar surface area (TPSA) is 103 Å². The minimum absolute atomic E-state index is 0.0255. The number of amides is 1. The van der Waals surface area contributed by atoms with E-state index in [0.29, 0.717) is 5.69 Å². The molecule has 4 rings (SSSR count). The van der Waals surface area contributed by atoms with Crippen LogP contribution in [0.2, 0.25) is 0 Å². The Balaban J connectivity index is 1.52. The zero-order valence-electron chi connectivity index (χ0n) is 16.5. The van der Waals surface area contributed by atoms with E-state index in [2.05, 4.69) is 20.6 Å². The van der Waals surface area contributed by atoms with Crippen LogP contribution in [0, 0.1) is 13.8 Å². The highest BCUT2D eigenvalue weighted by molar-refractivity contribution is 5.89. The molecule has 0 atom stereocenters. The minimum Gasteiger partial charge on any atom is -0.345 e. The lowest BCUT2D eigenvalue weighted by Crippen LogP contribution is -2.32. The van der Waals surface area contributed by atoms with Crippen LogP contribution in [0.1, 0.15) is 53.3 Å². The van der Waals surface area contributed by atoms with Crippen molar-refractivity contribution in [1.29, 1.82) is 0 Å². The normalized spacial score (nSPS) is 14.3. The van der Waals surface area contributed by atoms with Gasteiger partial charge in [-0.05, 0) is 49.9 Å². The van der Waals surface area contributed by atoms with Gasteiger partial charge in [-0.1, -0.05) is 30.1 Å². The molecular formula is C21H23N5O3. The van der Waals surface area contributed by atoms with Gasteiger partial charge >= 0.3 is 11.8 Å². The average Bonchev–Trinajstić information content (AvgIpc) is 3.38. The maximum Gasteiger partial charge on any atom is 0.316 e. The third kappa shape index (κ3) is 4.26. The van der Waals surface area contributed by atoms with Crippen molar-refractivity contribution in [3.63, 3.8) is 0 Å². The first-order valence-corrected chi connectivity index (χ1v) is 9.79. The molecule has 8 nitrogen and oxygen atoms in total. The summed E-state index contributed by atoms with van der Waals surface area (Å²) in [5.74, 6) is -0.237. The monoisotopic (exact) mass is 393 g/mol. The first-order valence-electron chi connectivity index (χ1n) is 9.79. The van der Waals surface area contributed by atoms with Crippen LogP contribution in [0.25, 0.3) is 11.3 Å². The molecule has 2 heterocycles. The smallest absolute Gasteiger partial charge is 0.316 e. The summed E-state index contributed by atoms with van der Waals surface area (Å²) in [6, 6.07) is 9.35. The lowest BCUT2D eigenvalue weighted by atomic mass is 10.0. The van der Waals surface area contributed by atoms with E-state index in [0.717, 1.165) is 36.8 Å². The molecule has 0 unspecified atom stereocenters. The van der Waals surface area contributed by atoms with Crippen molar-refractivity contribution in [1.82, 2.24) is 25.2 Å². The summed E-state index contributed by atoms with van der Waals surface area (Å²) in [6.45, 7) is 4.11. The number of carbonyl (C=O) groups excluding carboxylic acids is 1. The quantitative estimate of drug-likeness (QED) is 0.715. The largest absolute Gasteiger partial charge is 0.345 e. The van der Waals surface area contributed by atoms with E-state index in [4.69, 9.17) is 4.52 Å². The molecule has 3 aromatic rings. The molecule has 2 aromatic heterocycles. The van der Waals surface area contributed by atoms with Gasteiger partial charge in [-0.15, -0.1) is 0 Å². The molecule has 1 aromatic carbocycles. The Kier molecular flexibility index (Phi) is 5.24. The van der Waals surface area contributed by atoms with Crippen LogP contribution in [-0.4, -0.2) is 31.9 Å². The molecule has 1 N–H and O–H groups in total. The predicted octanol–water partition coefficient (Wildman–Crippen LogP) is 2.63.